The molecule has 6 heteroatoms. The Morgan fingerprint density at radius 3 is 2.61 bits per heavy atom. The zero-order chi connectivity index (χ0) is 22.4. The summed E-state index contributed by atoms with van der Waals surface area (Å²) >= 11 is 0. The van der Waals surface area contributed by atoms with Gasteiger partial charge in [-0.05, 0) is 36.6 Å². The maximum Gasteiger partial charge on any atom is 0.321 e. The molecule has 1 heterocycles. The lowest BCUT2D eigenvalue weighted by atomic mass is 10.0. The number of rotatable bonds is 8. The van der Waals surface area contributed by atoms with E-state index in [1.807, 2.05) is 53.4 Å². The first-order chi connectivity index (χ1) is 14.9. The number of anilines is 1. The first-order valence-electron chi connectivity index (χ1n) is 10.2. The molecule has 2 amide bonds. The molecule has 0 aliphatic carbocycles. The van der Waals surface area contributed by atoms with E-state index < -0.39 is 6.04 Å². The van der Waals surface area contributed by atoms with E-state index in [-0.39, 0.29) is 11.8 Å². The molecule has 0 fully saturated rings. The fraction of sp³-hybridized carbons (Fsp3) is 0.280. The Balaban J connectivity index is 1.79. The van der Waals surface area contributed by atoms with Gasteiger partial charge in [-0.2, -0.15) is 0 Å². The first-order valence-corrected chi connectivity index (χ1v) is 10.2. The van der Waals surface area contributed by atoms with E-state index >= 15 is 0 Å². The molecule has 1 N–H and O–H groups in total. The van der Waals surface area contributed by atoms with Gasteiger partial charge in [0, 0.05) is 37.8 Å². The number of amides is 2. The van der Waals surface area contributed by atoms with Gasteiger partial charge in [0.1, 0.15) is 12.1 Å². The highest BCUT2D eigenvalue weighted by Crippen LogP contribution is 2.36. The maximum atomic E-state index is 12.6. The van der Waals surface area contributed by atoms with Crippen molar-refractivity contribution in [3.8, 4) is 0 Å². The Kier molecular flexibility index (Phi) is 7.06. The molecular formula is C25H27N3O3. The first kappa shape index (κ1) is 22.1. The van der Waals surface area contributed by atoms with Crippen molar-refractivity contribution in [2.45, 2.75) is 38.9 Å². The van der Waals surface area contributed by atoms with Crippen molar-refractivity contribution in [2.75, 3.05) is 12.4 Å². The average Bonchev–Trinajstić information content (AvgIpc) is 3.14. The van der Waals surface area contributed by atoms with Crippen molar-refractivity contribution >= 4 is 29.5 Å². The van der Waals surface area contributed by atoms with Crippen LogP contribution in [0, 0.1) is 0 Å². The highest BCUT2D eigenvalue weighted by atomic mass is 16.2. The Morgan fingerprint density at radius 2 is 1.97 bits per heavy atom. The molecule has 0 saturated carbocycles. The summed E-state index contributed by atoms with van der Waals surface area (Å²) in [5.74, 6) is 0.0550. The summed E-state index contributed by atoms with van der Waals surface area (Å²) in [6.07, 6.45) is 1.67. The molecule has 0 spiro atoms. The van der Waals surface area contributed by atoms with E-state index in [0.717, 1.165) is 34.4 Å². The standard InChI is InChI=1S/C25H27N3O3/c1-4-24-22-12-8-9-19(15-27(3)25(31)26-20-10-6-5-7-11-20)23(22)16-28(24)21(17-29)14-13-18(2)30/h5-12,17,21H,1,13-16H2,2-3H3,(H,26,31). The van der Waals surface area contributed by atoms with Crippen LogP contribution in [-0.4, -0.2) is 41.0 Å². The molecule has 1 aliphatic rings. The molecule has 0 saturated heterocycles. The maximum absolute atomic E-state index is 12.6. The number of hydrogen-bond donors (Lipinski definition) is 1. The van der Waals surface area contributed by atoms with Crippen molar-refractivity contribution in [2.24, 2.45) is 0 Å². The number of benzene rings is 2. The van der Waals surface area contributed by atoms with Crippen molar-refractivity contribution < 1.29 is 14.4 Å². The van der Waals surface area contributed by atoms with Crippen LogP contribution in [0.5, 0.6) is 0 Å². The second-order valence-corrected chi connectivity index (χ2v) is 7.69. The van der Waals surface area contributed by atoms with Crippen LogP contribution in [0.2, 0.25) is 0 Å². The van der Waals surface area contributed by atoms with Crippen LogP contribution in [0.15, 0.2) is 60.8 Å². The number of para-hydroxylation sites is 1. The highest BCUT2D eigenvalue weighted by molar-refractivity contribution is 5.89. The summed E-state index contributed by atoms with van der Waals surface area (Å²) in [5, 5.41) is 2.88. The van der Waals surface area contributed by atoms with Gasteiger partial charge in [0.05, 0.1) is 11.7 Å². The largest absolute Gasteiger partial charge is 0.351 e. The van der Waals surface area contributed by atoms with E-state index in [1.54, 1.807) is 11.9 Å². The van der Waals surface area contributed by atoms with Crippen LogP contribution < -0.4 is 5.32 Å². The van der Waals surface area contributed by atoms with Gasteiger partial charge in [0.15, 0.2) is 0 Å². The Hall–Kier alpha value is -3.63. The van der Waals surface area contributed by atoms with Gasteiger partial charge in [-0.1, -0.05) is 43.0 Å². The third-order valence-electron chi connectivity index (χ3n) is 5.44. The number of Topliss-reactive ketones (excluding diaryl/α,β-unsaturated/α-hetero) is 1. The minimum absolute atomic E-state index is 0.0550. The topological polar surface area (TPSA) is 69.7 Å². The summed E-state index contributed by atoms with van der Waals surface area (Å²) in [7, 11) is 1.75. The molecule has 160 valence electrons. The summed E-state index contributed by atoms with van der Waals surface area (Å²) in [6.45, 7) is 6.26. The summed E-state index contributed by atoms with van der Waals surface area (Å²) in [4.78, 5) is 39.3. The van der Waals surface area contributed by atoms with E-state index in [0.29, 0.717) is 25.9 Å². The van der Waals surface area contributed by atoms with Crippen LogP contribution in [0.4, 0.5) is 10.5 Å². The minimum atomic E-state index is -0.424. The molecule has 0 radical (unpaired) electrons. The van der Waals surface area contributed by atoms with E-state index in [1.165, 1.54) is 6.92 Å². The van der Waals surface area contributed by atoms with Crippen LogP contribution in [0.1, 0.15) is 36.5 Å². The average molecular weight is 418 g/mol. The van der Waals surface area contributed by atoms with Crippen LogP contribution in [-0.2, 0) is 22.7 Å². The summed E-state index contributed by atoms with van der Waals surface area (Å²) < 4.78 is 0. The minimum Gasteiger partial charge on any atom is -0.351 e. The molecule has 31 heavy (non-hydrogen) atoms. The molecule has 3 rings (SSSR count). The normalized spacial score (nSPS) is 13.2. The fourth-order valence-corrected chi connectivity index (χ4v) is 3.79. The quantitative estimate of drug-likeness (QED) is 0.516. The highest BCUT2D eigenvalue weighted by Gasteiger charge is 2.31. The number of ketones is 1. The molecule has 1 unspecified atom stereocenters. The zero-order valence-corrected chi connectivity index (χ0v) is 17.9. The summed E-state index contributed by atoms with van der Waals surface area (Å²) in [6, 6.07) is 14.6. The third kappa shape index (κ3) is 5.11. The molecule has 1 atom stereocenters. The van der Waals surface area contributed by atoms with E-state index in [9.17, 15) is 14.4 Å². The van der Waals surface area contributed by atoms with Gasteiger partial charge >= 0.3 is 6.03 Å². The van der Waals surface area contributed by atoms with Gasteiger partial charge in [0.2, 0.25) is 0 Å². The zero-order valence-electron chi connectivity index (χ0n) is 17.9. The fourth-order valence-electron chi connectivity index (χ4n) is 3.79. The van der Waals surface area contributed by atoms with Gasteiger partial charge in [-0.25, -0.2) is 4.79 Å². The second kappa shape index (κ2) is 9.92. The van der Waals surface area contributed by atoms with Crippen LogP contribution >= 0.6 is 0 Å². The lowest BCUT2D eigenvalue weighted by molar-refractivity contribution is -0.117. The molecule has 6 nitrogen and oxygen atoms in total. The Bertz CT molecular complexity index is 1030. The van der Waals surface area contributed by atoms with E-state index in [2.05, 4.69) is 17.6 Å². The molecule has 1 aliphatic heterocycles. The monoisotopic (exact) mass is 417 g/mol. The van der Waals surface area contributed by atoms with Crippen molar-refractivity contribution in [3.05, 3.63) is 77.5 Å². The molecule has 2 aromatic carbocycles. The van der Waals surface area contributed by atoms with Gasteiger partial charge in [0.25, 0.3) is 0 Å². The molecular weight excluding hydrogens is 390 g/mol. The summed E-state index contributed by atoms with van der Waals surface area (Å²) in [5.41, 5.74) is 7.46. The molecule has 2 aromatic rings. The number of hydrogen-bond acceptors (Lipinski definition) is 4. The second-order valence-electron chi connectivity index (χ2n) is 7.69. The number of nitrogens with zero attached hydrogens (tertiary/aromatic N) is 2. The molecule has 0 aromatic heterocycles. The SMILES string of the molecule is C=C=C1c2cccc(CN(C)C(=O)Nc3ccccc3)c2CN1C(C=O)CCC(C)=O. The van der Waals surface area contributed by atoms with Crippen LogP contribution in [0.25, 0.3) is 5.70 Å². The van der Waals surface area contributed by atoms with Crippen molar-refractivity contribution in [1.82, 2.24) is 9.80 Å². The number of fused-ring (bicyclic) bond motifs is 1. The number of urea groups is 1. The number of carbonyl (C=O) groups is 3. The number of nitrogens with one attached hydrogen (secondary N) is 1. The Labute approximate surface area is 182 Å². The van der Waals surface area contributed by atoms with E-state index in [4.69, 9.17) is 0 Å². The smallest absolute Gasteiger partial charge is 0.321 e. The van der Waals surface area contributed by atoms with Gasteiger partial charge in [-0.3, -0.25) is 0 Å². The predicted octanol–water partition coefficient (Wildman–Crippen LogP) is 4.23. The van der Waals surface area contributed by atoms with Crippen molar-refractivity contribution in [1.29, 1.82) is 0 Å². The Morgan fingerprint density at radius 1 is 1.23 bits per heavy atom. The predicted molar refractivity (Wildman–Crippen MR) is 121 cm³/mol. The number of aldehydes is 1. The lowest BCUT2D eigenvalue weighted by Gasteiger charge is -2.25. The lowest BCUT2D eigenvalue weighted by Crippen LogP contribution is -2.32. The third-order valence-corrected chi connectivity index (χ3v) is 5.44. The van der Waals surface area contributed by atoms with Gasteiger partial charge < -0.3 is 24.7 Å². The van der Waals surface area contributed by atoms with Crippen LogP contribution in [0.3, 0.4) is 0 Å². The molecule has 0 bridgehead atoms. The number of carbonyl (C=O) groups excluding carboxylic acids is 3. The van der Waals surface area contributed by atoms with Crippen molar-refractivity contribution in [3.63, 3.8) is 0 Å². The van der Waals surface area contributed by atoms with Gasteiger partial charge in [-0.15, -0.1) is 5.73 Å².